The Balaban J connectivity index is 1.51. The van der Waals surface area contributed by atoms with Crippen LogP contribution in [0.5, 0.6) is 0 Å². The zero-order valence-electron chi connectivity index (χ0n) is 14.5. The normalized spacial score (nSPS) is 10.7. The van der Waals surface area contributed by atoms with Crippen LogP contribution < -0.4 is 10.6 Å². The Kier molecular flexibility index (Phi) is 5.99. The summed E-state index contributed by atoms with van der Waals surface area (Å²) in [6.45, 7) is 3.49. The van der Waals surface area contributed by atoms with Crippen molar-refractivity contribution in [3.63, 3.8) is 0 Å². The molecule has 2 aromatic carbocycles. The third kappa shape index (κ3) is 4.68. The Hall–Kier alpha value is -2.70. The van der Waals surface area contributed by atoms with E-state index in [-0.39, 0.29) is 0 Å². The number of carbonyl (C=O) groups is 2. The van der Waals surface area contributed by atoms with Gasteiger partial charge in [-0.15, -0.1) is 11.3 Å². The van der Waals surface area contributed by atoms with E-state index in [9.17, 15) is 9.59 Å². The van der Waals surface area contributed by atoms with E-state index in [0.29, 0.717) is 25.4 Å². The highest BCUT2D eigenvalue weighted by Crippen LogP contribution is 2.23. The zero-order chi connectivity index (χ0) is 18.4. The van der Waals surface area contributed by atoms with E-state index >= 15 is 0 Å². The molecule has 0 aliphatic heterocycles. The molecule has 0 bridgehead atoms. The van der Waals surface area contributed by atoms with Gasteiger partial charge in [0.2, 0.25) is 0 Å². The van der Waals surface area contributed by atoms with Gasteiger partial charge in [0.25, 0.3) is 0 Å². The van der Waals surface area contributed by atoms with Gasteiger partial charge >= 0.3 is 11.8 Å². The second-order valence-electron chi connectivity index (χ2n) is 5.76. The van der Waals surface area contributed by atoms with Crippen LogP contribution in [0.4, 0.5) is 5.69 Å². The van der Waals surface area contributed by atoms with Crippen molar-refractivity contribution in [1.82, 2.24) is 5.32 Å². The maximum Gasteiger partial charge on any atom is 0.313 e. The average Bonchev–Trinajstić information content (AvgIpc) is 3.13. The molecule has 0 aliphatic rings. The summed E-state index contributed by atoms with van der Waals surface area (Å²) in [5.74, 6) is -1.33. The Morgan fingerprint density at radius 3 is 2.54 bits per heavy atom. The number of ether oxygens (including phenoxy) is 1. The molecule has 2 amide bonds. The van der Waals surface area contributed by atoms with Gasteiger partial charge in [0, 0.05) is 23.5 Å². The SMILES string of the molecule is CCOCc1ccc(CNC(=O)C(=O)Nc2ccc3sccc3c2)cc1. The summed E-state index contributed by atoms with van der Waals surface area (Å²) in [4.78, 5) is 24.0. The number of hydrogen-bond acceptors (Lipinski definition) is 4. The van der Waals surface area contributed by atoms with Gasteiger partial charge in [-0.25, -0.2) is 0 Å². The fourth-order valence-corrected chi connectivity index (χ4v) is 3.24. The second-order valence-corrected chi connectivity index (χ2v) is 6.71. The summed E-state index contributed by atoms with van der Waals surface area (Å²) >= 11 is 1.63. The van der Waals surface area contributed by atoms with Crippen molar-refractivity contribution in [2.75, 3.05) is 11.9 Å². The molecule has 3 aromatic rings. The first kappa shape index (κ1) is 18.1. The minimum absolute atomic E-state index is 0.296. The summed E-state index contributed by atoms with van der Waals surface area (Å²) in [6.07, 6.45) is 0. The molecule has 0 saturated heterocycles. The topological polar surface area (TPSA) is 67.4 Å². The van der Waals surface area contributed by atoms with Gasteiger partial charge in [-0.2, -0.15) is 0 Å². The maximum atomic E-state index is 12.0. The molecule has 5 nitrogen and oxygen atoms in total. The molecule has 0 fully saturated rings. The van der Waals surface area contributed by atoms with Gasteiger partial charge in [-0.3, -0.25) is 9.59 Å². The molecule has 134 valence electrons. The first-order chi connectivity index (χ1) is 12.7. The first-order valence-electron chi connectivity index (χ1n) is 8.37. The molecular weight excluding hydrogens is 348 g/mol. The van der Waals surface area contributed by atoms with Crippen LogP contribution in [0, 0.1) is 0 Å². The summed E-state index contributed by atoms with van der Waals surface area (Å²) in [6, 6.07) is 15.3. The smallest absolute Gasteiger partial charge is 0.313 e. The Morgan fingerprint density at radius 2 is 1.77 bits per heavy atom. The summed E-state index contributed by atoms with van der Waals surface area (Å²) in [5, 5.41) is 8.29. The lowest BCUT2D eigenvalue weighted by atomic mass is 10.1. The van der Waals surface area contributed by atoms with Crippen LogP contribution in [-0.4, -0.2) is 18.4 Å². The van der Waals surface area contributed by atoms with Crippen LogP contribution in [0.25, 0.3) is 10.1 Å². The van der Waals surface area contributed by atoms with Crippen molar-refractivity contribution < 1.29 is 14.3 Å². The molecule has 26 heavy (non-hydrogen) atoms. The van der Waals surface area contributed by atoms with E-state index < -0.39 is 11.8 Å². The largest absolute Gasteiger partial charge is 0.377 e. The molecule has 2 N–H and O–H groups in total. The molecule has 0 radical (unpaired) electrons. The van der Waals surface area contributed by atoms with Crippen LogP contribution in [0.15, 0.2) is 53.9 Å². The number of benzene rings is 2. The van der Waals surface area contributed by atoms with Crippen molar-refractivity contribution in [3.8, 4) is 0 Å². The monoisotopic (exact) mass is 368 g/mol. The third-order valence-corrected chi connectivity index (χ3v) is 4.76. The van der Waals surface area contributed by atoms with Crippen LogP contribution in [0.1, 0.15) is 18.1 Å². The van der Waals surface area contributed by atoms with Gasteiger partial charge < -0.3 is 15.4 Å². The molecule has 3 rings (SSSR count). The predicted octanol–water partition coefficient (Wildman–Crippen LogP) is 3.69. The van der Waals surface area contributed by atoms with Crippen molar-refractivity contribution in [3.05, 3.63) is 65.0 Å². The molecule has 0 spiro atoms. The van der Waals surface area contributed by atoms with Crippen molar-refractivity contribution in [2.45, 2.75) is 20.1 Å². The van der Waals surface area contributed by atoms with Gasteiger partial charge in [-0.1, -0.05) is 24.3 Å². The fraction of sp³-hybridized carbons (Fsp3) is 0.200. The summed E-state index contributed by atoms with van der Waals surface area (Å²) in [5.41, 5.74) is 2.60. The molecule has 1 aromatic heterocycles. The minimum atomic E-state index is -0.674. The van der Waals surface area contributed by atoms with Gasteiger partial charge in [0.1, 0.15) is 0 Å². The lowest BCUT2D eigenvalue weighted by Crippen LogP contribution is -2.34. The summed E-state index contributed by atoms with van der Waals surface area (Å²) in [7, 11) is 0. The Labute approximate surface area is 156 Å². The maximum absolute atomic E-state index is 12.0. The van der Waals surface area contributed by atoms with E-state index in [1.807, 2.05) is 54.8 Å². The second kappa shape index (κ2) is 8.60. The van der Waals surface area contributed by atoms with E-state index in [1.54, 1.807) is 17.4 Å². The molecule has 6 heteroatoms. The highest BCUT2D eigenvalue weighted by molar-refractivity contribution is 7.17. The van der Waals surface area contributed by atoms with E-state index in [2.05, 4.69) is 10.6 Å². The van der Waals surface area contributed by atoms with Crippen molar-refractivity contribution >= 4 is 38.9 Å². The number of thiophene rings is 1. The number of carbonyl (C=O) groups excluding carboxylic acids is 2. The molecule has 0 unspecified atom stereocenters. The predicted molar refractivity (Wildman–Crippen MR) is 104 cm³/mol. The number of fused-ring (bicyclic) bond motifs is 1. The molecule has 0 saturated carbocycles. The van der Waals surface area contributed by atoms with E-state index in [0.717, 1.165) is 21.2 Å². The quantitative estimate of drug-likeness (QED) is 0.652. The number of rotatable bonds is 6. The van der Waals surface area contributed by atoms with Crippen LogP contribution in [0.2, 0.25) is 0 Å². The lowest BCUT2D eigenvalue weighted by Gasteiger charge is -2.08. The highest BCUT2D eigenvalue weighted by atomic mass is 32.1. The minimum Gasteiger partial charge on any atom is -0.377 e. The van der Waals surface area contributed by atoms with Crippen LogP contribution in [0.3, 0.4) is 0 Å². The molecule has 0 aliphatic carbocycles. The van der Waals surface area contributed by atoms with Crippen molar-refractivity contribution in [2.24, 2.45) is 0 Å². The molecule has 0 atom stereocenters. The van der Waals surface area contributed by atoms with Crippen LogP contribution >= 0.6 is 11.3 Å². The Bertz CT molecular complexity index is 903. The highest BCUT2D eigenvalue weighted by Gasteiger charge is 2.13. The first-order valence-corrected chi connectivity index (χ1v) is 9.25. The number of hydrogen-bond donors (Lipinski definition) is 2. The average molecular weight is 368 g/mol. The van der Waals surface area contributed by atoms with Gasteiger partial charge in [0.15, 0.2) is 0 Å². The van der Waals surface area contributed by atoms with Gasteiger partial charge in [0.05, 0.1) is 6.61 Å². The number of amides is 2. The van der Waals surface area contributed by atoms with E-state index in [4.69, 9.17) is 4.74 Å². The van der Waals surface area contributed by atoms with Crippen molar-refractivity contribution in [1.29, 1.82) is 0 Å². The zero-order valence-corrected chi connectivity index (χ0v) is 15.3. The summed E-state index contributed by atoms with van der Waals surface area (Å²) < 4.78 is 6.48. The molecular formula is C20H20N2O3S. The Morgan fingerprint density at radius 1 is 1.00 bits per heavy atom. The van der Waals surface area contributed by atoms with Gasteiger partial charge in [-0.05, 0) is 53.1 Å². The molecule has 1 heterocycles. The third-order valence-electron chi connectivity index (χ3n) is 3.87. The number of anilines is 1. The number of nitrogens with one attached hydrogen (secondary N) is 2. The van der Waals surface area contributed by atoms with Crippen LogP contribution in [-0.2, 0) is 27.5 Å². The van der Waals surface area contributed by atoms with E-state index in [1.165, 1.54) is 0 Å². The lowest BCUT2D eigenvalue weighted by molar-refractivity contribution is -0.136. The fourth-order valence-electron chi connectivity index (χ4n) is 2.47. The standard InChI is InChI=1S/C20H20N2O3S/c1-2-25-13-15-5-3-14(4-6-15)12-21-19(23)20(24)22-17-7-8-18-16(11-17)9-10-26-18/h3-11H,2,12-13H2,1H3,(H,21,23)(H,22,24).